The number of methoxy groups -OCH3 is 1. The average molecular weight is 310 g/mol. The lowest BCUT2D eigenvalue weighted by Gasteiger charge is -2.01. The summed E-state index contributed by atoms with van der Waals surface area (Å²) in [6.45, 7) is 2.00. The van der Waals surface area contributed by atoms with Gasteiger partial charge in [0.15, 0.2) is 0 Å². The molecule has 5 heteroatoms. The highest BCUT2D eigenvalue weighted by molar-refractivity contribution is 5.90. The van der Waals surface area contributed by atoms with E-state index in [9.17, 15) is 9.59 Å². The van der Waals surface area contributed by atoms with Crippen LogP contribution in [0.25, 0.3) is 0 Å². The molecule has 2 aromatic rings. The Bertz CT molecular complexity index is 704. The molecule has 0 aromatic heterocycles. The van der Waals surface area contributed by atoms with Gasteiger partial charge in [0, 0.05) is 0 Å². The van der Waals surface area contributed by atoms with Crippen molar-refractivity contribution in [1.29, 1.82) is 0 Å². The van der Waals surface area contributed by atoms with Gasteiger partial charge in [0.05, 0.1) is 25.3 Å². The van der Waals surface area contributed by atoms with Gasteiger partial charge >= 0.3 is 5.97 Å². The second-order valence-corrected chi connectivity index (χ2v) is 5.07. The number of rotatable bonds is 5. The number of aryl methyl sites for hydroxylation is 1. The number of carbonyl (C=O) groups is 2. The van der Waals surface area contributed by atoms with Crippen LogP contribution in [0.4, 0.5) is 0 Å². The van der Waals surface area contributed by atoms with Gasteiger partial charge in [-0.2, -0.15) is 5.10 Å². The standard InChI is InChI=1S/C18H18N2O3/c1-13-3-5-14(6-4-13)11-17(21)20-19-12-15-7-9-16(10-8-15)18(22)23-2/h3-10,12H,11H2,1-2H3,(H,20,21). The number of hydrogen-bond donors (Lipinski definition) is 1. The fourth-order valence-corrected chi connectivity index (χ4v) is 1.93. The highest BCUT2D eigenvalue weighted by Crippen LogP contribution is 2.05. The molecular weight excluding hydrogens is 292 g/mol. The van der Waals surface area contributed by atoms with E-state index in [4.69, 9.17) is 0 Å². The summed E-state index contributed by atoms with van der Waals surface area (Å²) in [4.78, 5) is 23.1. The zero-order valence-corrected chi connectivity index (χ0v) is 13.1. The first-order valence-electron chi connectivity index (χ1n) is 7.14. The summed E-state index contributed by atoms with van der Waals surface area (Å²) < 4.78 is 4.62. The van der Waals surface area contributed by atoms with Gasteiger partial charge in [-0.3, -0.25) is 4.79 Å². The molecule has 1 amide bonds. The topological polar surface area (TPSA) is 67.8 Å². The maximum absolute atomic E-state index is 11.8. The van der Waals surface area contributed by atoms with Crippen molar-refractivity contribution in [3.63, 3.8) is 0 Å². The second-order valence-electron chi connectivity index (χ2n) is 5.07. The number of amides is 1. The van der Waals surface area contributed by atoms with Gasteiger partial charge in [-0.15, -0.1) is 0 Å². The van der Waals surface area contributed by atoms with Crippen LogP contribution in [-0.2, 0) is 16.0 Å². The zero-order valence-electron chi connectivity index (χ0n) is 13.1. The van der Waals surface area contributed by atoms with Crippen molar-refractivity contribution in [2.45, 2.75) is 13.3 Å². The van der Waals surface area contributed by atoms with E-state index >= 15 is 0 Å². The van der Waals surface area contributed by atoms with Crippen LogP contribution in [0.2, 0.25) is 0 Å². The van der Waals surface area contributed by atoms with Crippen molar-refractivity contribution < 1.29 is 14.3 Å². The Balaban J connectivity index is 1.87. The molecule has 0 aliphatic rings. The Kier molecular flexibility index (Phi) is 5.63. The molecule has 2 aromatic carbocycles. The van der Waals surface area contributed by atoms with E-state index in [0.29, 0.717) is 5.56 Å². The minimum absolute atomic E-state index is 0.184. The van der Waals surface area contributed by atoms with Crippen molar-refractivity contribution in [2.24, 2.45) is 5.10 Å². The van der Waals surface area contributed by atoms with Crippen molar-refractivity contribution in [3.05, 3.63) is 70.8 Å². The molecule has 0 heterocycles. The van der Waals surface area contributed by atoms with Gasteiger partial charge in [-0.05, 0) is 30.2 Å². The van der Waals surface area contributed by atoms with E-state index in [1.165, 1.54) is 13.3 Å². The maximum Gasteiger partial charge on any atom is 0.337 e. The van der Waals surface area contributed by atoms with Crippen LogP contribution in [0.15, 0.2) is 53.6 Å². The molecule has 0 unspecified atom stereocenters. The van der Waals surface area contributed by atoms with E-state index in [1.54, 1.807) is 24.3 Å². The predicted octanol–water partition coefficient (Wildman–Crippen LogP) is 2.47. The molecule has 0 atom stereocenters. The van der Waals surface area contributed by atoms with Crippen molar-refractivity contribution >= 4 is 18.1 Å². The van der Waals surface area contributed by atoms with E-state index in [1.807, 2.05) is 31.2 Å². The number of hydrazone groups is 1. The number of ether oxygens (including phenoxy) is 1. The molecule has 5 nitrogen and oxygen atoms in total. The average Bonchev–Trinajstić information content (AvgIpc) is 2.57. The number of nitrogens with one attached hydrogen (secondary N) is 1. The number of hydrogen-bond acceptors (Lipinski definition) is 4. The monoisotopic (exact) mass is 310 g/mol. The van der Waals surface area contributed by atoms with Crippen LogP contribution in [-0.4, -0.2) is 25.2 Å². The van der Waals surface area contributed by atoms with Crippen molar-refractivity contribution in [2.75, 3.05) is 7.11 Å². The van der Waals surface area contributed by atoms with Crippen LogP contribution in [0.5, 0.6) is 0 Å². The molecule has 0 fully saturated rings. The Morgan fingerprint density at radius 1 is 1.09 bits per heavy atom. The molecule has 23 heavy (non-hydrogen) atoms. The molecule has 0 saturated carbocycles. The molecule has 0 saturated heterocycles. The first kappa shape index (κ1) is 16.4. The Labute approximate surface area is 135 Å². The summed E-state index contributed by atoms with van der Waals surface area (Å²) in [7, 11) is 1.33. The minimum atomic E-state index is -0.389. The molecule has 0 spiro atoms. The quantitative estimate of drug-likeness (QED) is 0.524. The van der Waals surface area contributed by atoms with Crippen molar-refractivity contribution in [3.8, 4) is 0 Å². The molecular formula is C18H18N2O3. The maximum atomic E-state index is 11.8. The van der Waals surface area contributed by atoms with E-state index in [0.717, 1.165) is 16.7 Å². The predicted molar refractivity (Wildman–Crippen MR) is 88.4 cm³/mol. The Hall–Kier alpha value is -2.95. The second kappa shape index (κ2) is 7.89. The van der Waals surface area contributed by atoms with Gasteiger partial charge in [0.2, 0.25) is 5.91 Å². The van der Waals surface area contributed by atoms with Gasteiger partial charge in [-0.1, -0.05) is 42.0 Å². The van der Waals surface area contributed by atoms with Gasteiger partial charge in [-0.25, -0.2) is 10.2 Å². The van der Waals surface area contributed by atoms with Crippen LogP contribution in [0.3, 0.4) is 0 Å². The number of benzene rings is 2. The lowest BCUT2D eigenvalue weighted by Crippen LogP contribution is -2.19. The van der Waals surface area contributed by atoms with Crippen LogP contribution < -0.4 is 5.43 Å². The summed E-state index contributed by atoms with van der Waals surface area (Å²) in [6.07, 6.45) is 1.80. The lowest BCUT2D eigenvalue weighted by atomic mass is 10.1. The molecule has 0 bridgehead atoms. The van der Waals surface area contributed by atoms with Crippen LogP contribution in [0.1, 0.15) is 27.0 Å². The molecule has 0 radical (unpaired) electrons. The molecule has 0 aliphatic heterocycles. The third-order valence-electron chi connectivity index (χ3n) is 3.22. The van der Waals surface area contributed by atoms with E-state index in [-0.39, 0.29) is 18.3 Å². The molecule has 2 rings (SSSR count). The number of carbonyl (C=O) groups excluding carboxylic acids is 2. The lowest BCUT2D eigenvalue weighted by molar-refractivity contribution is -0.120. The third-order valence-corrected chi connectivity index (χ3v) is 3.22. The summed E-state index contributed by atoms with van der Waals surface area (Å²) in [5.41, 5.74) is 5.81. The summed E-state index contributed by atoms with van der Waals surface area (Å²) in [5.74, 6) is -0.573. The van der Waals surface area contributed by atoms with Crippen molar-refractivity contribution in [1.82, 2.24) is 5.43 Å². The highest BCUT2D eigenvalue weighted by Gasteiger charge is 2.04. The van der Waals surface area contributed by atoms with Crippen LogP contribution in [0, 0.1) is 6.92 Å². The largest absolute Gasteiger partial charge is 0.465 e. The minimum Gasteiger partial charge on any atom is -0.465 e. The number of esters is 1. The first-order valence-corrected chi connectivity index (χ1v) is 7.14. The zero-order chi connectivity index (χ0) is 16.7. The molecule has 1 N–H and O–H groups in total. The fourth-order valence-electron chi connectivity index (χ4n) is 1.93. The summed E-state index contributed by atoms with van der Waals surface area (Å²) in [6, 6.07) is 14.5. The Morgan fingerprint density at radius 2 is 1.74 bits per heavy atom. The SMILES string of the molecule is COC(=O)c1ccc(C=NNC(=O)Cc2ccc(C)cc2)cc1. The summed E-state index contributed by atoms with van der Waals surface area (Å²) >= 11 is 0. The Morgan fingerprint density at radius 3 is 2.35 bits per heavy atom. The third kappa shape index (κ3) is 5.07. The van der Waals surface area contributed by atoms with Crippen LogP contribution >= 0.6 is 0 Å². The molecule has 118 valence electrons. The first-order chi connectivity index (χ1) is 11.1. The normalized spacial score (nSPS) is 10.5. The molecule has 0 aliphatic carbocycles. The van der Waals surface area contributed by atoms with Gasteiger partial charge in [0.25, 0.3) is 0 Å². The number of nitrogens with zero attached hydrogens (tertiary/aromatic N) is 1. The van der Waals surface area contributed by atoms with E-state index < -0.39 is 0 Å². The highest BCUT2D eigenvalue weighted by atomic mass is 16.5. The smallest absolute Gasteiger partial charge is 0.337 e. The summed E-state index contributed by atoms with van der Waals surface area (Å²) in [5, 5.41) is 3.91. The van der Waals surface area contributed by atoms with Gasteiger partial charge < -0.3 is 4.74 Å². The van der Waals surface area contributed by atoms with E-state index in [2.05, 4.69) is 15.3 Å². The van der Waals surface area contributed by atoms with Gasteiger partial charge in [0.1, 0.15) is 0 Å². The fraction of sp³-hybridized carbons (Fsp3) is 0.167.